The van der Waals surface area contributed by atoms with Crippen LogP contribution in [0.25, 0.3) is 0 Å². The van der Waals surface area contributed by atoms with E-state index in [-0.39, 0.29) is 5.84 Å². The Labute approximate surface area is 104 Å². The summed E-state index contributed by atoms with van der Waals surface area (Å²) in [4.78, 5) is 11.9. The van der Waals surface area contributed by atoms with Crippen LogP contribution in [0.5, 0.6) is 0 Å². The van der Waals surface area contributed by atoms with E-state index in [0.717, 1.165) is 0 Å². The van der Waals surface area contributed by atoms with Gasteiger partial charge in [-0.3, -0.25) is 4.79 Å². The van der Waals surface area contributed by atoms with Crippen molar-refractivity contribution >= 4 is 17.4 Å². The van der Waals surface area contributed by atoms with Crippen LogP contribution in [0.3, 0.4) is 0 Å². The Morgan fingerprint density at radius 3 is 2.61 bits per heavy atom. The summed E-state index contributed by atoms with van der Waals surface area (Å²) in [6.45, 7) is 4.63. The number of carbonyl (C=O) groups excluding carboxylic acids is 1. The first-order valence-electron chi connectivity index (χ1n) is 5.34. The summed E-state index contributed by atoms with van der Waals surface area (Å²) >= 11 is 0. The standard InChI is InChI=1S/C12H16FN3O2/c1-7-4-5-8(6-9(7)13)15-11(17)12(2,3)10(14)16-18/h4-6,18H,1-3H3,(H2,14,16)(H,15,17). The highest BCUT2D eigenvalue weighted by Gasteiger charge is 2.32. The van der Waals surface area contributed by atoms with Crippen molar-refractivity contribution < 1.29 is 14.4 Å². The van der Waals surface area contributed by atoms with Crippen LogP contribution in [-0.2, 0) is 4.79 Å². The summed E-state index contributed by atoms with van der Waals surface area (Å²) < 4.78 is 13.3. The van der Waals surface area contributed by atoms with Crippen molar-refractivity contribution in [1.82, 2.24) is 0 Å². The molecule has 0 radical (unpaired) electrons. The molecule has 0 heterocycles. The van der Waals surface area contributed by atoms with Gasteiger partial charge in [-0.25, -0.2) is 4.39 Å². The molecular weight excluding hydrogens is 237 g/mol. The topological polar surface area (TPSA) is 87.7 Å². The molecule has 5 nitrogen and oxygen atoms in total. The van der Waals surface area contributed by atoms with Gasteiger partial charge in [0.05, 0.1) is 0 Å². The van der Waals surface area contributed by atoms with Crippen LogP contribution in [-0.4, -0.2) is 17.0 Å². The van der Waals surface area contributed by atoms with Gasteiger partial charge in [-0.1, -0.05) is 11.2 Å². The zero-order chi connectivity index (χ0) is 13.9. The maximum absolute atomic E-state index is 13.3. The lowest BCUT2D eigenvalue weighted by Gasteiger charge is -2.21. The molecule has 0 aromatic heterocycles. The fraction of sp³-hybridized carbons (Fsp3) is 0.333. The number of amidine groups is 1. The molecule has 0 fully saturated rings. The second kappa shape index (κ2) is 5.03. The largest absolute Gasteiger partial charge is 0.409 e. The highest BCUT2D eigenvalue weighted by atomic mass is 19.1. The number of benzene rings is 1. The molecule has 0 unspecified atom stereocenters. The first kappa shape index (κ1) is 14.0. The molecule has 98 valence electrons. The van der Waals surface area contributed by atoms with Crippen molar-refractivity contribution in [2.24, 2.45) is 16.3 Å². The predicted molar refractivity (Wildman–Crippen MR) is 67.0 cm³/mol. The average molecular weight is 253 g/mol. The summed E-state index contributed by atoms with van der Waals surface area (Å²) in [6.07, 6.45) is 0. The first-order valence-corrected chi connectivity index (χ1v) is 5.34. The van der Waals surface area contributed by atoms with Crippen molar-refractivity contribution in [2.45, 2.75) is 20.8 Å². The number of amides is 1. The lowest BCUT2D eigenvalue weighted by Crippen LogP contribution is -2.42. The molecule has 4 N–H and O–H groups in total. The smallest absolute Gasteiger partial charge is 0.237 e. The summed E-state index contributed by atoms with van der Waals surface area (Å²) in [5.74, 6) is -1.11. The number of hydrogen-bond donors (Lipinski definition) is 3. The highest BCUT2D eigenvalue weighted by Crippen LogP contribution is 2.20. The monoisotopic (exact) mass is 253 g/mol. The molecule has 0 bridgehead atoms. The Balaban J connectivity index is 2.91. The van der Waals surface area contributed by atoms with Gasteiger partial charge >= 0.3 is 0 Å². The van der Waals surface area contributed by atoms with Crippen LogP contribution in [0.15, 0.2) is 23.4 Å². The summed E-state index contributed by atoms with van der Waals surface area (Å²) in [7, 11) is 0. The Morgan fingerprint density at radius 1 is 1.50 bits per heavy atom. The third-order valence-corrected chi connectivity index (χ3v) is 2.75. The van der Waals surface area contributed by atoms with Crippen molar-refractivity contribution in [2.75, 3.05) is 5.32 Å². The van der Waals surface area contributed by atoms with Crippen molar-refractivity contribution in [3.63, 3.8) is 0 Å². The van der Waals surface area contributed by atoms with E-state index in [1.165, 1.54) is 19.9 Å². The van der Waals surface area contributed by atoms with Crippen LogP contribution in [0.2, 0.25) is 0 Å². The summed E-state index contributed by atoms with van der Waals surface area (Å²) in [6, 6.07) is 4.36. The van der Waals surface area contributed by atoms with E-state index in [1.54, 1.807) is 19.1 Å². The fourth-order valence-corrected chi connectivity index (χ4v) is 1.20. The van der Waals surface area contributed by atoms with Gasteiger partial charge in [0.1, 0.15) is 11.2 Å². The molecule has 0 aliphatic carbocycles. The molecule has 6 heteroatoms. The SMILES string of the molecule is Cc1ccc(NC(=O)C(C)(C)C(N)=NO)cc1F. The molecule has 0 spiro atoms. The van der Waals surface area contributed by atoms with Crippen LogP contribution in [0, 0.1) is 18.2 Å². The third kappa shape index (κ3) is 2.77. The van der Waals surface area contributed by atoms with E-state index in [9.17, 15) is 9.18 Å². The zero-order valence-corrected chi connectivity index (χ0v) is 10.5. The molecule has 18 heavy (non-hydrogen) atoms. The van der Waals surface area contributed by atoms with Gasteiger partial charge in [-0.15, -0.1) is 0 Å². The second-order valence-corrected chi connectivity index (χ2v) is 4.53. The summed E-state index contributed by atoms with van der Waals surface area (Å²) in [5.41, 5.74) is 5.05. The van der Waals surface area contributed by atoms with Crippen LogP contribution >= 0.6 is 0 Å². The normalized spacial score (nSPS) is 12.3. The molecule has 1 amide bonds. The Bertz CT molecular complexity index is 498. The molecule has 0 saturated heterocycles. The molecule has 0 aliphatic rings. The molecule has 1 rings (SSSR count). The van der Waals surface area contributed by atoms with E-state index >= 15 is 0 Å². The number of anilines is 1. The minimum Gasteiger partial charge on any atom is -0.409 e. The van der Waals surface area contributed by atoms with E-state index in [1.807, 2.05) is 0 Å². The fourth-order valence-electron chi connectivity index (χ4n) is 1.20. The minimum atomic E-state index is -1.18. The number of halogens is 1. The number of carbonyl (C=O) groups is 1. The third-order valence-electron chi connectivity index (χ3n) is 2.75. The number of nitrogens with two attached hydrogens (primary N) is 1. The number of oxime groups is 1. The van der Waals surface area contributed by atoms with Crippen molar-refractivity contribution in [3.05, 3.63) is 29.6 Å². The van der Waals surface area contributed by atoms with Crippen LogP contribution in [0.1, 0.15) is 19.4 Å². The maximum atomic E-state index is 13.3. The lowest BCUT2D eigenvalue weighted by molar-refractivity contribution is -0.121. The molecule has 0 atom stereocenters. The number of rotatable bonds is 3. The molecule has 0 aliphatic heterocycles. The van der Waals surface area contributed by atoms with Crippen molar-refractivity contribution in [3.8, 4) is 0 Å². The lowest BCUT2D eigenvalue weighted by atomic mass is 9.91. The molecule has 1 aromatic rings. The summed E-state index contributed by atoms with van der Waals surface area (Å²) in [5, 5.41) is 13.9. The van der Waals surface area contributed by atoms with E-state index in [2.05, 4.69) is 10.5 Å². The van der Waals surface area contributed by atoms with Gasteiger partial charge in [0.15, 0.2) is 5.84 Å². The number of hydrogen-bond acceptors (Lipinski definition) is 3. The van der Waals surface area contributed by atoms with Crippen LogP contribution in [0.4, 0.5) is 10.1 Å². The zero-order valence-electron chi connectivity index (χ0n) is 10.5. The Hall–Kier alpha value is -2.11. The van der Waals surface area contributed by atoms with Crippen LogP contribution < -0.4 is 11.1 Å². The highest BCUT2D eigenvalue weighted by molar-refractivity contribution is 6.11. The molecular formula is C12H16FN3O2. The first-order chi connectivity index (χ1) is 8.28. The van der Waals surface area contributed by atoms with Gasteiger partial charge in [-0.05, 0) is 38.5 Å². The number of aryl methyl sites for hydroxylation is 1. The van der Waals surface area contributed by atoms with Gasteiger partial charge in [-0.2, -0.15) is 0 Å². The van der Waals surface area contributed by atoms with E-state index < -0.39 is 17.1 Å². The quantitative estimate of drug-likeness (QED) is 0.332. The average Bonchev–Trinajstić information content (AvgIpc) is 2.32. The Kier molecular flexibility index (Phi) is 3.90. The number of nitrogens with zero attached hydrogens (tertiary/aromatic N) is 1. The van der Waals surface area contributed by atoms with E-state index in [0.29, 0.717) is 11.3 Å². The van der Waals surface area contributed by atoms with Gasteiger partial charge < -0.3 is 16.3 Å². The minimum absolute atomic E-state index is 0.215. The maximum Gasteiger partial charge on any atom is 0.237 e. The molecule has 0 saturated carbocycles. The van der Waals surface area contributed by atoms with E-state index in [4.69, 9.17) is 10.9 Å². The second-order valence-electron chi connectivity index (χ2n) is 4.53. The number of nitrogens with one attached hydrogen (secondary N) is 1. The van der Waals surface area contributed by atoms with Gasteiger partial charge in [0.2, 0.25) is 5.91 Å². The predicted octanol–water partition coefficient (Wildman–Crippen LogP) is 1.85. The van der Waals surface area contributed by atoms with Gasteiger partial charge in [0, 0.05) is 5.69 Å². The Morgan fingerprint density at radius 2 is 2.11 bits per heavy atom. The van der Waals surface area contributed by atoms with Crippen molar-refractivity contribution in [1.29, 1.82) is 0 Å². The molecule has 1 aromatic carbocycles. The van der Waals surface area contributed by atoms with Gasteiger partial charge in [0.25, 0.3) is 0 Å².